The molecule has 1 aromatic heterocycles. The molecule has 2 atom stereocenters. The number of amides is 3. The van der Waals surface area contributed by atoms with Gasteiger partial charge in [0.25, 0.3) is 0 Å². The number of carbonyl (C=O) groups is 2. The van der Waals surface area contributed by atoms with Crippen LogP contribution in [0.2, 0.25) is 0 Å². The number of urea groups is 1. The Kier molecular flexibility index (Phi) is 4.60. The molecule has 2 aliphatic rings. The largest absolute Gasteiger partial charge is 0.350 e. The third-order valence-electron chi connectivity index (χ3n) is 4.84. The number of hydroxylamine groups is 2. The SMILES string of the molecule is C=CCON1C(=O)N2C[C@H]1c1ccccc1C2C(=O)NCc1ccncc1. The third kappa shape index (κ3) is 3.06. The number of rotatable bonds is 6. The van der Waals surface area contributed by atoms with Crippen LogP contribution in [0.1, 0.15) is 28.8 Å². The van der Waals surface area contributed by atoms with Gasteiger partial charge in [0.2, 0.25) is 5.91 Å². The number of nitrogens with one attached hydrogen (secondary N) is 1. The van der Waals surface area contributed by atoms with Gasteiger partial charge in [-0.1, -0.05) is 30.3 Å². The molecule has 0 aliphatic carbocycles. The highest BCUT2D eigenvalue weighted by Crippen LogP contribution is 2.43. The van der Waals surface area contributed by atoms with Crippen molar-refractivity contribution in [2.75, 3.05) is 13.2 Å². The van der Waals surface area contributed by atoms with Gasteiger partial charge in [0.15, 0.2) is 0 Å². The van der Waals surface area contributed by atoms with E-state index in [0.29, 0.717) is 13.1 Å². The smallest absolute Gasteiger partial charge is 0.345 e. The second-order valence-electron chi connectivity index (χ2n) is 6.47. The van der Waals surface area contributed by atoms with E-state index in [1.165, 1.54) is 5.06 Å². The molecule has 7 nitrogen and oxygen atoms in total. The van der Waals surface area contributed by atoms with Gasteiger partial charge in [0, 0.05) is 18.9 Å². The van der Waals surface area contributed by atoms with Gasteiger partial charge in [0.05, 0.1) is 13.2 Å². The Labute approximate surface area is 157 Å². The first-order valence-corrected chi connectivity index (χ1v) is 8.79. The number of hydrogen-bond donors (Lipinski definition) is 1. The first-order chi connectivity index (χ1) is 13.2. The topological polar surface area (TPSA) is 74.8 Å². The molecular weight excluding hydrogens is 344 g/mol. The third-order valence-corrected chi connectivity index (χ3v) is 4.84. The van der Waals surface area contributed by atoms with Gasteiger partial charge in [-0.3, -0.25) is 14.6 Å². The number of benzene rings is 1. The van der Waals surface area contributed by atoms with Gasteiger partial charge >= 0.3 is 6.03 Å². The molecular formula is C20H20N4O3. The molecule has 0 spiro atoms. The molecule has 2 aromatic rings. The van der Waals surface area contributed by atoms with Crippen molar-refractivity contribution in [3.63, 3.8) is 0 Å². The summed E-state index contributed by atoms with van der Waals surface area (Å²) in [5.74, 6) is -0.211. The minimum Gasteiger partial charge on any atom is -0.350 e. The molecule has 1 saturated heterocycles. The summed E-state index contributed by atoms with van der Waals surface area (Å²) in [6.45, 7) is 4.66. The van der Waals surface area contributed by atoms with E-state index in [2.05, 4.69) is 16.9 Å². The van der Waals surface area contributed by atoms with E-state index >= 15 is 0 Å². The Balaban J connectivity index is 1.60. The second kappa shape index (κ2) is 7.20. The Morgan fingerprint density at radius 1 is 1.26 bits per heavy atom. The molecule has 2 aliphatic heterocycles. The molecule has 3 heterocycles. The fourth-order valence-corrected chi connectivity index (χ4v) is 3.62. The Morgan fingerprint density at radius 2 is 2.00 bits per heavy atom. The second-order valence-corrected chi connectivity index (χ2v) is 6.47. The summed E-state index contributed by atoms with van der Waals surface area (Å²) in [6.07, 6.45) is 4.96. The minimum absolute atomic E-state index is 0.211. The summed E-state index contributed by atoms with van der Waals surface area (Å²) < 4.78 is 0. The molecule has 4 rings (SSSR count). The van der Waals surface area contributed by atoms with E-state index in [1.54, 1.807) is 23.4 Å². The van der Waals surface area contributed by atoms with Crippen LogP contribution < -0.4 is 5.32 Å². The van der Waals surface area contributed by atoms with E-state index in [9.17, 15) is 9.59 Å². The van der Waals surface area contributed by atoms with Crippen molar-refractivity contribution < 1.29 is 14.4 Å². The van der Waals surface area contributed by atoms with Gasteiger partial charge in [0.1, 0.15) is 12.1 Å². The summed E-state index contributed by atoms with van der Waals surface area (Å²) in [7, 11) is 0. The van der Waals surface area contributed by atoms with E-state index < -0.39 is 6.04 Å². The Morgan fingerprint density at radius 3 is 2.74 bits per heavy atom. The van der Waals surface area contributed by atoms with Gasteiger partial charge in [-0.15, -0.1) is 6.58 Å². The highest BCUT2D eigenvalue weighted by Gasteiger charge is 2.50. The van der Waals surface area contributed by atoms with Crippen molar-refractivity contribution in [2.24, 2.45) is 0 Å². The molecule has 138 valence electrons. The van der Waals surface area contributed by atoms with E-state index in [1.807, 2.05) is 36.4 Å². The average Bonchev–Trinajstić information content (AvgIpc) is 2.98. The van der Waals surface area contributed by atoms with E-state index in [-0.39, 0.29) is 24.6 Å². The summed E-state index contributed by atoms with van der Waals surface area (Å²) in [5.41, 5.74) is 2.72. The van der Waals surface area contributed by atoms with Crippen molar-refractivity contribution in [3.05, 3.63) is 78.1 Å². The lowest BCUT2D eigenvalue weighted by Crippen LogP contribution is -2.43. The first kappa shape index (κ1) is 17.2. The number of pyridine rings is 1. The van der Waals surface area contributed by atoms with Crippen LogP contribution in [-0.2, 0) is 16.2 Å². The maximum absolute atomic E-state index is 13.0. The molecule has 0 saturated carbocycles. The van der Waals surface area contributed by atoms with Gasteiger partial charge in [-0.05, 0) is 28.8 Å². The fraction of sp³-hybridized carbons (Fsp3) is 0.250. The van der Waals surface area contributed by atoms with Crippen LogP contribution in [-0.4, -0.2) is 40.0 Å². The van der Waals surface area contributed by atoms with Crippen molar-refractivity contribution in [3.8, 4) is 0 Å². The van der Waals surface area contributed by atoms with Gasteiger partial charge in [-0.2, -0.15) is 5.06 Å². The number of fused-ring (bicyclic) bond motifs is 4. The molecule has 1 aromatic carbocycles. The van der Waals surface area contributed by atoms with Crippen LogP contribution in [0.15, 0.2) is 61.4 Å². The van der Waals surface area contributed by atoms with E-state index in [0.717, 1.165) is 16.7 Å². The fourth-order valence-electron chi connectivity index (χ4n) is 3.62. The zero-order chi connectivity index (χ0) is 18.8. The van der Waals surface area contributed by atoms with Crippen molar-refractivity contribution in [1.29, 1.82) is 0 Å². The molecule has 27 heavy (non-hydrogen) atoms. The van der Waals surface area contributed by atoms with Gasteiger partial charge < -0.3 is 10.2 Å². The normalized spacial score (nSPS) is 20.4. The molecule has 7 heteroatoms. The zero-order valence-corrected chi connectivity index (χ0v) is 14.7. The number of carbonyl (C=O) groups excluding carboxylic acids is 2. The highest BCUT2D eigenvalue weighted by molar-refractivity contribution is 5.90. The predicted molar refractivity (Wildman–Crippen MR) is 98.1 cm³/mol. The Bertz CT molecular complexity index is 871. The maximum atomic E-state index is 13.0. The van der Waals surface area contributed by atoms with Crippen molar-refractivity contribution in [2.45, 2.75) is 18.6 Å². The van der Waals surface area contributed by atoms with Crippen LogP contribution in [0.4, 0.5) is 4.79 Å². The summed E-state index contributed by atoms with van der Waals surface area (Å²) in [4.78, 5) is 37.0. The number of nitrogens with zero attached hydrogens (tertiary/aromatic N) is 3. The van der Waals surface area contributed by atoms with Crippen molar-refractivity contribution in [1.82, 2.24) is 20.3 Å². The Hall–Kier alpha value is -3.19. The number of hydrogen-bond acceptors (Lipinski definition) is 4. The summed E-state index contributed by atoms with van der Waals surface area (Å²) in [6, 6.07) is 10.1. The molecule has 1 fully saturated rings. The summed E-state index contributed by atoms with van der Waals surface area (Å²) >= 11 is 0. The molecule has 2 bridgehead atoms. The molecule has 1 unspecified atom stereocenters. The lowest BCUT2D eigenvalue weighted by Gasteiger charge is -2.31. The maximum Gasteiger partial charge on any atom is 0.345 e. The zero-order valence-electron chi connectivity index (χ0n) is 14.7. The lowest BCUT2D eigenvalue weighted by molar-refractivity contribution is -0.126. The van der Waals surface area contributed by atoms with Crippen LogP contribution in [0, 0.1) is 0 Å². The first-order valence-electron chi connectivity index (χ1n) is 8.79. The monoisotopic (exact) mass is 364 g/mol. The van der Waals surface area contributed by atoms with Crippen molar-refractivity contribution >= 4 is 11.9 Å². The molecule has 1 N–H and O–H groups in total. The van der Waals surface area contributed by atoms with Crippen LogP contribution >= 0.6 is 0 Å². The lowest BCUT2D eigenvalue weighted by atomic mass is 9.90. The molecule has 3 amide bonds. The van der Waals surface area contributed by atoms with Gasteiger partial charge in [-0.25, -0.2) is 4.79 Å². The minimum atomic E-state index is -0.677. The summed E-state index contributed by atoms with van der Waals surface area (Å²) in [5, 5.41) is 4.29. The molecule has 0 radical (unpaired) electrons. The average molecular weight is 364 g/mol. The van der Waals surface area contributed by atoms with E-state index in [4.69, 9.17) is 4.84 Å². The van der Waals surface area contributed by atoms with Crippen LogP contribution in [0.5, 0.6) is 0 Å². The predicted octanol–water partition coefficient (Wildman–Crippen LogP) is 2.35. The van der Waals surface area contributed by atoms with Crippen LogP contribution in [0.3, 0.4) is 0 Å². The number of aromatic nitrogens is 1. The quantitative estimate of drug-likeness (QED) is 0.799. The highest BCUT2D eigenvalue weighted by atomic mass is 16.7. The van der Waals surface area contributed by atoms with Crippen LogP contribution in [0.25, 0.3) is 0 Å². The standard InChI is InChI=1S/C20H20N4O3/c1-2-11-27-24-17-13-23(20(24)26)18(16-6-4-3-5-15(16)17)19(25)22-12-14-7-9-21-10-8-14/h2-10,17-18H,1,11-13H2,(H,22,25)/t17-,18?/m0/s1.